The Bertz CT molecular complexity index is 2650. The van der Waals surface area contributed by atoms with Crippen LogP contribution in [0.15, 0.2) is 39.9 Å². The van der Waals surface area contributed by atoms with Crippen LogP contribution >= 0.6 is 23.5 Å². The van der Waals surface area contributed by atoms with Gasteiger partial charge in [-0.25, -0.2) is 33.3 Å². The Morgan fingerprint density at radius 1 is 1.10 bits per heavy atom. The van der Waals surface area contributed by atoms with Crippen molar-refractivity contribution in [2.24, 2.45) is 0 Å². The molecule has 4 aromatic rings. The van der Waals surface area contributed by atoms with Crippen LogP contribution < -0.4 is 21.6 Å². The molecule has 6 atom stereocenters. The van der Waals surface area contributed by atoms with Crippen molar-refractivity contribution in [3.05, 3.63) is 57.8 Å². The third kappa shape index (κ3) is 11.0. The molecule has 5 heterocycles. The number of hydrogen-bond acceptors (Lipinski definition) is 17. The van der Waals surface area contributed by atoms with Gasteiger partial charge >= 0.3 is 35.1 Å². The Hall–Kier alpha value is -4.52. The van der Waals surface area contributed by atoms with Gasteiger partial charge in [-0.2, -0.15) is 8.62 Å². The van der Waals surface area contributed by atoms with Gasteiger partial charge in [0, 0.05) is 48.3 Å². The lowest BCUT2D eigenvalue weighted by atomic mass is 9.79. The summed E-state index contributed by atoms with van der Waals surface area (Å²) in [7, 11) is -16.8. The predicted octanol–water partition coefficient (Wildman–Crippen LogP) is 3.33. The van der Waals surface area contributed by atoms with Crippen molar-refractivity contribution in [2.75, 3.05) is 36.9 Å². The molecular formula is C36H45N6O17P3. The maximum atomic E-state index is 13.0. The molecular weight excluding hydrogens is 881 g/mol. The number of benzene rings is 1. The summed E-state index contributed by atoms with van der Waals surface area (Å²) in [5, 5.41) is 14.4. The number of carbonyl (C=O) groups is 2. The minimum absolute atomic E-state index is 0.0330. The Morgan fingerprint density at radius 2 is 1.84 bits per heavy atom. The highest BCUT2D eigenvalue weighted by Gasteiger charge is 2.43. The van der Waals surface area contributed by atoms with E-state index in [0.717, 1.165) is 17.7 Å². The van der Waals surface area contributed by atoms with Crippen molar-refractivity contribution < 1.29 is 75.0 Å². The molecule has 26 heteroatoms. The molecule has 0 bridgehead atoms. The van der Waals surface area contributed by atoms with Gasteiger partial charge in [0.15, 0.2) is 0 Å². The molecule has 2 aliphatic rings. The largest absolute Gasteiger partial charge is 0.490 e. The Morgan fingerprint density at radius 3 is 2.55 bits per heavy atom. The number of carbonyl (C=O) groups excluding carboxylic acids is 2. The number of nitrogen functional groups attached to an aromatic ring is 1. The summed E-state index contributed by atoms with van der Waals surface area (Å²) < 4.78 is 64.6. The highest BCUT2D eigenvalue weighted by atomic mass is 31.3. The van der Waals surface area contributed by atoms with Crippen molar-refractivity contribution in [3.63, 3.8) is 0 Å². The molecule has 6 rings (SSSR count). The van der Waals surface area contributed by atoms with Gasteiger partial charge in [0.05, 0.1) is 36.8 Å². The van der Waals surface area contributed by atoms with Crippen LogP contribution in [-0.2, 0) is 41.1 Å². The standard InChI is InChI=1S/C36H45N6O17P3/c1-5-54-34(45)24-13-22-12-23-20(2)16-36(3,4)42(25(23)14-27(22)57-35(24)46)11-7-9-29(44)38-10-6-8-21-17-41(33-31(21)32(37)39-19-40-33)30-15-26(43)28(56-30)18-55-61(50,51)59-62(52,53)58-60(47,48)49/h12-14,17,19-20,26,28,30,43H,5,7,9-11,15-16,18H2,1-4H3,(H,38,44)(H,50,51)(H,52,53)(H2,37,39,40)(H2,47,48,49)/t20?,26-,28+,30+/m0/s1. The molecule has 0 aliphatic carbocycles. The molecule has 3 unspecified atom stereocenters. The molecule has 2 aliphatic heterocycles. The second-order valence-electron chi connectivity index (χ2n) is 15.1. The quantitative estimate of drug-likeness (QED) is 0.0389. The number of aliphatic hydroxyl groups excluding tert-OH is 1. The number of nitrogens with one attached hydrogen (secondary N) is 1. The van der Waals surface area contributed by atoms with Crippen LogP contribution in [0.4, 0.5) is 11.5 Å². The number of ether oxygens (including phenoxy) is 2. The number of phosphoric acid groups is 3. The highest BCUT2D eigenvalue weighted by molar-refractivity contribution is 7.66. The van der Waals surface area contributed by atoms with Gasteiger partial charge in [0.2, 0.25) is 5.91 Å². The topological polar surface area (TPSA) is 335 Å². The lowest BCUT2D eigenvalue weighted by molar-refractivity contribution is -0.120. The van der Waals surface area contributed by atoms with E-state index in [2.05, 4.69) is 65.9 Å². The average molecular weight is 927 g/mol. The molecule has 23 nitrogen and oxygen atoms in total. The minimum Gasteiger partial charge on any atom is -0.462 e. The van der Waals surface area contributed by atoms with E-state index < -0.39 is 60.1 Å². The van der Waals surface area contributed by atoms with Gasteiger partial charge in [0.25, 0.3) is 0 Å². The van der Waals surface area contributed by atoms with Gasteiger partial charge in [-0.15, -0.1) is 0 Å². The molecule has 1 amide bonds. The summed E-state index contributed by atoms with van der Waals surface area (Å²) in [6, 6.07) is 5.23. The number of fused-ring (bicyclic) bond motifs is 3. The number of nitrogens with zero attached hydrogens (tertiary/aromatic N) is 4. The molecule has 0 radical (unpaired) electrons. The molecule has 1 saturated heterocycles. The smallest absolute Gasteiger partial charge is 0.462 e. The number of hydrogen-bond donors (Lipinski definition) is 7. The fraction of sp³-hybridized carbons (Fsp3) is 0.472. The zero-order valence-electron chi connectivity index (χ0n) is 33.7. The van der Waals surface area contributed by atoms with Gasteiger partial charge in [-0.1, -0.05) is 18.8 Å². The Balaban J connectivity index is 1.07. The fourth-order valence-electron chi connectivity index (χ4n) is 7.57. The van der Waals surface area contributed by atoms with Crippen molar-refractivity contribution >= 4 is 68.9 Å². The number of rotatable bonds is 15. The number of nitrogens with two attached hydrogens (primary N) is 1. The van der Waals surface area contributed by atoms with E-state index in [1.807, 2.05) is 6.07 Å². The van der Waals surface area contributed by atoms with Crippen LogP contribution in [0, 0.1) is 11.8 Å². The van der Waals surface area contributed by atoms with E-state index in [1.54, 1.807) is 13.0 Å². The number of amides is 1. The number of anilines is 2. The second-order valence-corrected chi connectivity index (χ2v) is 19.5. The van der Waals surface area contributed by atoms with Crippen LogP contribution in [0.3, 0.4) is 0 Å². The zero-order chi connectivity index (χ0) is 45.4. The van der Waals surface area contributed by atoms with E-state index in [4.69, 9.17) is 29.4 Å². The van der Waals surface area contributed by atoms with Gasteiger partial charge in [-0.05, 0) is 57.2 Å². The number of aromatic nitrogens is 3. The van der Waals surface area contributed by atoms with Crippen molar-refractivity contribution in [3.8, 4) is 11.8 Å². The van der Waals surface area contributed by atoms with Crippen LogP contribution in [0.25, 0.3) is 22.0 Å². The number of esters is 1. The van der Waals surface area contributed by atoms with Gasteiger partial charge < -0.3 is 59.1 Å². The van der Waals surface area contributed by atoms with Crippen molar-refractivity contribution in [2.45, 2.75) is 83.3 Å². The lowest BCUT2D eigenvalue weighted by Gasteiger charge is -2.47. The summed E-state index contributed by atoms with van der Waals surface area (Å²) >= 11 is 0. The summed E-state index contributed by atoms with van der Waals surface area (Å²) in [6.45, 7) is 7.71. The van der Waals surface area contributed by atoms with E-state index in [9.17, 15) is 43.0 Å². The maximum absolute atomic E-state index is 13.0. The average Bonchev–Trinajstić information content (AvgIpc) is 3.71. The summed E-state index contributed by atoms with van der Waals surface area (Å²) in [4.78, 5) is 85.1. The van der Waals surface area contributed by atoms with Crippen molar-refractivity contribution in [1.29, 1.82) is 0 Å². The number of aliphatic hydroxyl groups is 1. The summed E-state index contributed by atoms with van der Waals surface area (Å²) in [5.74, 6) is 5.05. The predicted molar refractivity (Wildman–Crippen MR) is 218 cm³/mol. The molecule has 1 fully saturated rings. The van der Waals surface area contributed by atoms with Crippen LogP contribution in [-0.4, -0.2) is 95.1 Å². The van der Waals surface area contributed by atoms with E-state index in [0.29, 0.717) is 34.9 Å². The lowest BCUT2D eigenvalue weighted by Crippen LogP contribution is -2.49. The Kier molecular flexibility index (Phi) is 13.9. The third-order valence-electron chi connectivity index (χ3n) is 10.1. The molecule has 336 valence electrons. The first-order valence-corrected chi connectivity index (χ1v) is 23.5. The van der Waals surface area contributed by atoms with Crippen LogP contribution in [0.2, 0.25) is 0 Å². The fourth-order valence-corrected chi connectivity index (χ4v) is 10.6. The highest BCUT2D eigenvalue weighted by Crippen LogP contribution is 2.66. The van der Waals surface area contributed by atoms with Crippen LogP contribution in [0.1, 0.15) is 87.0 Å². The minimum atomic E-state index is -5.75. The van der Waals surface area contributed by atoms with E-state index in [-0.39, 0.29) is 60.4 Å². The zero-order valence-corrected chi connectivity index (χ0v) is 36.4. The second kappa shape index (κ2) is 18.3. The molecule has 62 heavy (non-hydrogen) atoms. The van der Waals surface area contributed by atoms with Gasteiger partial charge in [-0.3, -0.25) is 9.32 Å². The Labute approximate surface area is 352 Å². The number of phosphoric ester groups is 1. The SMILES string of the molecule is CCOC(=O)c1cc2cc3c(cc2oc1=O)N(CCCC(=O)NCC#Cc1cn([C@H]2C[C@H](O)[C@@H](COP(=O)(O)OP(=O)(O)OP(=O)(O)O)O2)c2ncnc(N)c12)C(C)(C)CC3C. The first-order valence-electron chi connectivity index (χ1n) is 19.0. The first kappa shape index (κ1) is 47.0. The summed E-state index contributed by atoms with van der Waals surface area (Å²) in [6.07, 6.45) is 0.495. The molecule has 0 saturated carbocycles. The summed E-state index contributed by atoms with van der Waals surface area (Å²) in [5.41, 5.74) is 7.74. The maximum Gasteiger partial charge on any atom is 0.490 e. The normalized spacial score (nSPS) is 21.7. The molecule has 1 aromatic carbocycles. The van der Waals surface area contributed by atoms with E-state index >= 15 is 0 Å². The third-order valence-corrected chi connectivity index (χ3v) is 13.9. The van der Waals surface area contributed by atoms with Crippen molar-refractivity contribution in [1.82, 2.24) is 19.9 Å². The molecule has 3 aromatic heterocycles. The van der Waals surface area contributed by atoms with E-state index in [1.165, 1.54) is 23.2 Å². The monoisotopic (exact) mass is 926 g/mol. The molecule has 8 N–H and O–H groups in total. The van der Waals surface area contributed by atoms with Crippen LogP contribution in [0.5, 0.6) is 0 Å². The molecule has 0 spiro atoms. The first-order chi connectivity index (χ1) is 29.0. The van der Waals surface area contributed by atoms with Gasteiger partial charge in [0.1, 0.15) is 41.3 Å².